The van der Waals surface area contributed by atoms with Gasteiger partial charge in [-0.2, -0.15) is 0 Å². The Morgan fingerprint density at radius 1 is 0.558 bits per heavy atom. The Balaban J connectivity index is 1.43. The van der Waals surface area contributed by atoms with E-state index < -0.39 is 0 Å². The molecule has 1 atom stereocenters. The van der Waals surface area contributed by atoms with Crippen LogP contribution < -0.4 is 0 Å². The van der Waals surface area contributed by atoms with Crippen LogP contribution in [-0.4, -0.2) is 22.4 Å². The minimum absolute atomic E-state index is 0.133. The van der Waals surface area contributed by atoms with Crippen LogP contribution in [0.2, 0.25) is 0 Å². The van der Waals surface area contributed by atoms with E-state index in [1.165, 1.54) is 11.1 Å². The van der Waals surface area contributed by atoms with Gasteiger partial charge >= 0.3 is 0 Å². The molecule has 43 heavy (non-hydrogen) atoms. The van der Waals surface area contributed by atoms with E-state index in [2.05, 4.69) is 82.9 Å². The van der Waals surface area contributed by atoms with Gasteiger partial charge in [0.1, 0.15) is 6.61 Å². The molecule has 0 aromatic heterocycles. The van der Waals surface area contributed by atoms with Crippen LogP contribution in [0.1, 0.15) is 34.2 Å². The van der Waals surface area contributed by atoms with Crippen molar-refractivity contribution in [2.75, 3.05) is 0 Å². The molecule has 0 radical (unpaired) electrons. The lowest BCUT2D eigenvalue weighted by Crippen LogP contribution is -2.43. The minimum atomic E-state index is -0.349. The first-order chi connectivity index (χ1) is 21.2. The van der Waals surface area contributed by atoms with Gasteiger partial charge in [-0.25, -0.2) is 0 Å². The summed E-state index contributed by atoms with van der Waals surface area (Å²) in [5.74, 6) is 0.133. The molecular formula is C39H38N2O2. The summed E-state index contributed by atoms with van der Waals surface area (Å²) < 4.78 is 0. The maximum absolute atomic E-state index is 14.4. The zero-order valence-electron chi connectivity index (χ0n) is 24.5. The van der Waals surface area contributed by atoms with Crippen LogP contribution in [-0.2, 0) is 42.2 Å². The van der Waals surface area contributed by atoms with Crippen molar-refractivity contribution >= 4 is 11.5 Å². The van der Waals surface area contributed by atoms with Gasteiger partial charge in [-0.05, 0) is 34.2 Å². The van der Waals surface area contributed by atoms with E-state index in [4.69, 9.17) is 4.84 Å². The van der Waals surface area contributed by atoms with Crippen LogP contribution in [0.25, 0.3) is 0 Å². The fourth-order valence-electron chi connectivity index (χ4n) is 5.25. The number of ketones is 1. The number of nitrogens with zero attached hydrogens (tertiary/aromatic N) is 2. The van der Waals surface area contributed by atoms with E-state index in [-0.39, 0.29) is 18.2 Å². The molecule has 0 saturated heterocycles. The van der Waals surface area contributed by atoms with Crippen LogP contribution in [0.5, 0.6) is 0 Å². The molecular weight excluding hydrogens is 528 g/mol. The second-order valence-electron chi connectivity index (χ2n) is 10.8. The maximum Gasteiger partial charge on any atom is 0.156 e. The summed E-state index contributed by atoms with van der Waals surface area (Å²) in [6, 6.07) is 50.9. The predicted molar refractivity (Wildman–Crippen MR) is 175 cm³/mol. The smallest absolute Gasteiger partial charge is 0.156 e. The topological polar surface area (TPSA) is 41.9 Å². The summed E-state index contributed by atoms with van der Waals surface area (Å²) in [5.41, 5.74) is 6.35. The summed E-state index contributed by atoms with van der Waals surface area (Å²) in [6.07, 6.45) is 1.38. The van der Waals surface area contributed by atoms with Gasteiger partial charge in [0.05, 0.1) is 18.2 Å². The third kappa shape index (κ3) is 9.63. The Hall–Kier alpha value is -4.80. The van der Waals surface area contributed by atoms with Crippen LogP contribution in [0.3, 0.4) is 0 Å². The zero-order valence-corrected chi connectivity index (χ0v) is 24.5. The average molecular weight is 567 g/mol. The first kappa shape index (κ1) is 29.7. The van der Waals surface area contributed by atoms with E-state index in [0.29, 0.717) is 32.5 Å². The Labute approximate surface area is 255 Å². The lowest BCUT2D eigenvalue weighted by molar-refractivity contribution is -0.123. The normalized spacial score (nSPS) is 12.2. The molecule has 0 spiro atoms. The molecule has 5 aromatic carbocycles. The number of oxime groups is 1. The molecule has 4 heteroatoms. The molecule has 0 aliphatic carbocycles. The van der Waals surface area contributed by atoms with Crippen molar-refractivity contribution < 1.29 is 9.63 Å². The minimum Gasteiger partial charge on any atom is -0.391 e. The molecule has 0 heterocycles. The molecule has 0 N–H and O–H groups in total. The fourth-order valence-corrected chi connectivity index (χ4v) is 5.25. The Morgan fingerprint density at radius 3 is 1.47 bits per heavy atom. The second kappa shape index (κ2) is 16.0. The second-order valence-corrected chi connectivity index (χ2v) is 10.8. The summed E-state index contributed by atoms with van der Waals surface area (Å²) in [6.45, 7) is 1.68. The monoisotopic (exact) mass is 566 g/mol. The Bertz CT molecular complexity index is 1500. The molecule has 0 bridgehead atoms. The van der Waals surface area contributed by atoms with Crippen molar-refractivity contribution in [1.29, 1.82) is 0 Å². The van der Waals surface area contributed by atoms with Gasteiger partial charge < -0.3 is 4.84 Å². The molecule has 5 aromatic rings. The van der Waals surface area contributed by atoms with Crippen LogP contribution >= 0.6 is 0 Å². The first-order valence-electron chi connectivity index (χ1n) is 14.9. The maximum atomic E-state index is 14.4. The molecule has 0 saturated carbocycles. The van der Waals surface area contributed by atoms with E-state index in [0.717, 1.165) is 22.4 Å². The average Bonchev–Trinajstić information content (AvgIpc) is 3.06. The Morgan fingerprint density at radius 2 is 0.977 bits per heavy atom. The molecule has 0 unspecified atom stereocenters. The van der Waals surface area contributed by atoms with Gasteiger partial charge in [-0.15, -0.1) is 0 Å². The molecule has 4 nitrogen and oxygen atoms in total. The summed E-state index contributed by atoms with van der Waals surface area (Å²) in [5, 5.41) is 4.55. The number of carbonyl (C=O) groups excluding carboxylic acids is 1. The highest BCUT2D eigenvalue weighted by molar-refractivity contribution is 6.04. The zero-order chi connectivity index (χ0) is 29.5. The van der Waals surface area contributed by atoms with E-state index in [9.17, 15) is 4.79 Å². The van der Waals surface area contributed by atoms with Gasteiger partial charge in [0.15, 0.2) is 5.78 Å². The highest BCUT2D eigenvalue weighted by Crippen LogP contribution is 2.20. The van der Waals surface area contributed by atoms with Crippen LogP contribution in [0.4, 0.5) is 0 Å². The third-order valence-electron chi connectivity index (χ3n) is 7.44. The number of hydrogen-bond donors (Lipinski definition) is 0. The molecule has 0 fully saturated rings. The molecule has 216 valence electrons. The van der Waals surface area contributed by atoms with Gasteiger partial charge in [0, 0.05) is 19.5 Å². The molecule has 5 rings (SSSR count). The van der Waals surface area contributed by atoms with E-state index in [1.807, 2.05) is 78.9 Å². The number of benzene rings is 5. The summed E-state index contributed by atoms with van der Waals surface area (Å²) in [4.78, 5) is 22.6. The number of carbonyl (C=O) groups is 1. The van der Waals surface area contributed by atoms with Crippen molar-refractivity contribution in [2.24, 2.45) is 5.16 Å². The first-order valence-corrected chi connectivity index (χ1v) is 14.9. The molecule has 0 aliphatic rings. The summed E-state index contributed by atoms with van der Waals surface area (Å²) >= 11 is 0. The van der Waals surface area contributed by atoms with Crippen molar-refractivity contribution in [1.82, 2.24) is 4.90 Å². The summed E-state index contributed by atoms with van der Waals surface area (Å²) in [7, 11) is 0. The lowest BCUT2D eigenvalue weighted by Gasteiger charge is -2.31. The van der Waals surface area contributed by atoms with Gasteiger partial charge in [0.2, 0.25) is 0 Å². The molecule has 0 aliphatic heterocycles. The molecule has 0 amide bonds. The standard InChI is InChI=1S/C39H38N2O2/c42-39(28-37(26-32-16-6-1-7-17-32)40-43-31-36-24-14-5-15-25-36)38(27-33-18-8-2-9-19-33)41(29-34-20-10-3-11-21-34)30-35-22-12-4-13-23-35/h1-25,38H,26-31H2/t38-/m0/s1. The van der Waals surface area contributed by atoms with Gasteiger partial charge in [-0.1, -0.05) is 157 Å². The van der Waals surface area contributed by atoms with E-state index >= 15 is 0 Å². The SMILES string of the molecule is O=C(CC(Cc1ccccc1)=NOCc1ccccc1)[C@H](Cc1ccccc1)N(Cc1ccccc1)Cc1ccccc1. The highest BCUT2D eigenvalue weighted by atomic mass is 16.6. The highest BCUT2D eigenvalue weighted by Gasteiger charge is 2.28. The fraction of sp³-hybridized carbons (Fsp3) is 0.179. The van der Waals surface area contributed by atoms with Gasteiger partial charge in [-0.3, -0.25) is 9.69 Å². The largest absolute Gasteiger partial charge is 0.391 e. The third-order valence-corrected chi connectivity index (χ3v) is 7.44. The van der Waals surface area contributed by atoms with Crippen LogP contribution in [0, 0.1) is 0 Å². The number of Topliss-reactive ketones (excluding diaryl/α,β-unsaturated/α-hetero) is 1. The van der Waals surface area contributed by atoms with Crippen molar-refractivity contribution in [3.63, 3.8) is 0 Å². The van der Waals surface area contributed by atoms with Crippen LogP contribution in [0.15, 0.2) is 157 Å². The number of rotatable bonds is 15. The lowest BCUT2D eigenvalue weighted by atomic mass is 9.94. The van der Waals surface area contributed by atoms with E-state index in [1.54, 1.807) is 0 Å². The quantitative estimate of drug-likeness (QED) is 0.0950. The number of hydrogen-bond acceptors (Lipinski definition) is 4. The Kier molecular flexibility index (Phi) is 11.0. The van der Waals surface area contributed by atoms with Crippen molar-refractivity contribution in [3.8, 4) is 0 Å². The van der Waals surface area contributed by atoms with Crippen molar-refractivity contribution in [3.05, 3.63) is 179 Å². The predicted octanol–water partition coefficient (Wildman–Crippen LogP) is 8.07. The van der Waals surface area contributed by atoms with Gasteiger partial charge in [0.25, 0.3) is 0 Å². The van der Waals surface area contributed by atoms with Crippen molar-refractivity contribution in [2.45, 2.75) is 45.0 Å².